The minimum Gasteiger partial charge on any atom is -0.495 e. The second-order valence-corrected chi connectivity index (χ2v) is 8.22. The van der Waals surface area contributed by atoms with Gasteiger partial charge in [-0.15, -0.1) is 11.3 Å². The van der Waals surface area contributed by atoms with E-state index in [1.54, 1.807) is 42.5 Å². The summed E-state index contributed by atoms with van der Waals surface area (Å²) in [6.07, 6.45) is 0. The lowest BCUT2D eigenvalue weighted by Crippen LogP contribution is -2.21. The van der Waals surface area contributed by atoms with E-state index in [9.17, 15) is 9.59 Å². The van der Waals surface area contributed by atoms with Crippen LogP contribution in [-0.2, 0) is 9.53 Å². The molecule has 8 heteroatoms. The van der Waals surface area contributed by atoms with Gasteiger partial charge in [-0.1, -0.05) is 41.9 Å². The highest BCUT2D eigenvalue weighted by Crippen LogP contribution is 2.32. The van der Waals surface area contributed by atoms with Crippen LogP contribution in [0.25, 0.3) is 21.5 Å². The summed E-state index contributed by atoms with van der Waals surface area (Å²) in [4.78, 5) is 30.6. The van der Waals surface area contributed by atoms with Gasteiger partial charge in [0.2, 0.25) is 0 Å². The van der Waals surface area contributed by atoms with E-state index in [2.05, 4.69) is 10.3 Å². The van der Waals surface area contributed by atoms with Crippen LogP contribution in [-0.4, -0.2) is 30.6 Å². The van der Waals surface area contributed by atoms with Crippen molar-refractivity contribution in [2.24, 2.45) is 0 Å². The van der Waals surface area contributed by atoms with Crippen molar-refractivity contribution in [2.75, 3.05) is 19.0 Å². The molecule has 0 radical (unpaired) electrons. The molecule has 156 valence electrons. The fraction of sp³-hybridized carbons (Fsp3) is 0.0870. The number of ether oxygens (including phenoxy) is 2. The Hall–Kier alpha value is -3.42. The summed E-state index contributed by atoms with van der Waals surface area (Å²) in [5.41, 5.74) is 2.09. The fourth-order valence-electron chi connectivity index (χ4n) is 3.07. The van der Waals surface area contributed by atoms with Gasteiger partial charge < -0.3 is 14.8 Å². The van der Waals surface area contributed by atoms with Gasteiger partial charge >= 0.3 is 5.97 Å². The molecule has 0 aliphatic heterocycles. The number of anilines is 1. The molecule has 0 unspecified atom stereocenters. The van der Waals surface area contributed by atoms with E-state index >= 15 is 0 Å². The van der Waals surface area contributed by atoms with Crippen LogP contribution in [0.5, 0.6) is 5.75 Å². The molecule has 31 heavy (non-hydrogen) atoms. The zero-order valence-corrected chi connectivity index (χ0v) is 18.0. The third-order valence-electron chi connectivity index (χ3n) is 4.48. The molecule has 0 spiro atoms. The highest BCUT2D eigenvalue weighted by Gasteiger charge is 2.17. The third kappa shape index (κ3) is 4.68. The molecule has 2 heterocycles. The molecule has 4 rings (SSSR count). The van der Waals surface area contributed by atoms with E-state index in [-0.39, 0.29) is 0 Å². The summed E-state index contributed by atoms with van der Waals surface area (Å²) in [6, 6.07) is 19.5. The largest absolute Gasteiger partial charge is 0.495 e. The summed E-state index contributed by atoms with van der Waals surface area (Å²) in [5, 5.41) is 3.32. The zero-order valence-electron chi connectivity index (χ0n) is 16.4. The SMILES string of the molecule is COc1ccccc1NC(=O)COC(=O)c1cc(-c2ccc(Cl)s2)nc2ccccc12. The first-order chi connectivity index (χ1) is 15.0. The van der Waals surface area contributed by atoms with Crippen LogP contribution in [0.2, 0.25) is 4.34 Å². The average Bonchev–Trinajstić information content (AvgIpc) is 3.23. The number of carbonyl (C=O) groups is 2. The number of nitrogens with zero attached hydrogens (tertiary/aromatic N) is 1. The number of hydrogen-bond acceptors (Lipinski definition) is 6. The van der Waals surface area contributed by atoms with Crippen molar-refractivity contribution in [1.29, 1.82) is 0 Å². The van der Waals surface area contributed by atoms with Crippen LogP contribution in [0.1, 0.15) is 10.4 Å². The Labute approximate surface area is 187 Å². The lowest BCUT2D eigenvalue weighted by atomic mass is 10.1. The molecule has 0 aliphatic carbocycles. The van der Waals surface area contributed by atoms with Crippen molar-refractivity contribution >= 4 is 51.4 Å². The van der Waals surface area contributed by atoms with Gasteiger partial charge in [-0.05, 0) is 36.4 Å². The van der Waals surface area contributed by atoms with E-state index in [1.807, 2.05) is 24.3 Å². The molecule has 0 saturated carbocycles. The number of esters is 1. The number of halogens is 1. The Morgan fingerprint density at radius 2 is 1.84 bits per heavy atom. The van der Waals surface area contributed by atoms with Gasteiger partial charge in [-0.3, -0.25) is 4.79 Å². The van der Waals surface area contributed by atoms with Gasteiger partial charge in [0.1, 0.15) is 5.75 Å². The predicted octanol–water partition coefficient (Wildman–Crippen LogP) is 5.42. The highest BCUT2D eigenvalue weighted by atomic mass is 35.5. The number of pyridine rings is 1. The van der Waals surface area contributed by atoms with Crippen molar-refractivity contribution in [1.82, 2.24) is 4.98 Å². The number of thiophene rings is 1. The first-order valence-electron chi connectivity index (χ1n) is 9.30. The maximum Gasteiger partial charge on any atom is 0.339 e. The number of amides is 1. The second-order valence-electron chi connectivity index (χ2n) is 6.50. The van der Waals surface area contributed by atoms with Crippen molar-refractivity contribution in [3.63, 3.8) is 0 Å². The van der Waals surface area contributed by atoms with Crippen LogP contribution in [0, 0.1) is 0 Å². The summed E-state index contributed by atoms with van der Waals surface area (Å²) in [6.45, 7) is -0.437. The van der Waals surface area contributed by atoms with E-state index in [4.69, 9.17) is 21.1 Å². The summed E-state index contributed by atoms with van der Waals surface area (Å²) < 4.78 is 11.1. The Kier molecular flexibility index (Phi) is 6.16. The number of fused-ring (bicyclic) bond motifs is 1. The Morgan fingerprint density at radius 3 is 2.61 bits per heavy atom. The van der Waals surface area contributed by atoms with E-state index in [0.29, 0.717) is 37.9 Å². The monoisotopic (exact) mass is 452 g/mol. The van der Waals surface area contributed by atoms with Crippen molar-refractivity contribution in [3.8, 4) is 16.3 Å². The van der Waals surface area contributed by atoms with E-state index in [0.717, 1.165) is 4.88 Å². The molecule has 0 saturated heterocycles. The summed E-state index contributed by atoms with van der Waals surface area (Å²) in [7, 11) is 1.51. The molecule has 0 fully saturated rings. The van der Waals surface area contributed by atoms with Gasteiger partial charge in [0.15, 0.2) is 6.61 Å². The number of aromatic nitrogens is 1. The van der Waals surface area contributed by atoms with Crippen LogP contribution in [0.3, 0.4) is 0 Å². The maximum absolute atomic E-state index is 12.9. The minimum atomic E-state index is -0.613. The standard InChI is InChI=1S/C23H17ClN2O4S/c1-29-19-9-5-4-8-17(19)26-22(27)13-30-23(28)15-12-18(20-10-11-21(24)31-20)25-16-7-3-2-6-14(15)16/h2-12H,13H2,1H3,(H,26,27). The number of hydrogen-bond donors (Lipinski definition) is 1. The normalized spacial score (nSPS) is 10.6. The van der Waals surface area contributed by atoms with Crippen molar-refractivity contribution in [3.05, 3.63) is 76.6 Å². The quantitative estimate of drug-likeness (QED) is 0.395. The zero-order chi connectivity index (χ0) is 21.8. The number of benzene rings is 2. The number of nitrogens with one attached hydrogen (secondary N) is 1. The molecule has 0 atom stereocenters. The maximum atomic E-state index is 12.9. The van der Waals surface area contributed by atoms with Crippen molar-refractivity contribution in [2.45, 2.75) is 0 Å². The van der Waals surface area contributed by atoms with Crippen LogP contribution >= 0.6 is 22.9 Å². The Morgan fingerprint density at radius 1 is 1.06 bits per heavy atom. The summed E-state index contributed by atoms with van der Waals surface area (Å²) >= 11 is 7.42. The first-order valence-corrected chi connectivity index (χ1v) is 10.5. The molecular formula is C23H17ClN2O4S. The lowest BCUT2D eigenvalue weighted by Gasteiger charge is -2.11. The highest BCUT2D eigenvalue weighted by molar-refractivity contribution is 7.19. The smallest absolute Gasteiger partial charge is 0.339 e. The molecule has 2 aromatic heterocycles. The molecule has 1 N–H and O–H groups in total. The Bertz CT molecular complexity index is 1270. The van der Waals surface area contributed by atoms with E-state index < -0.39 is 18.5 Å². The Balaban J connectivity index is 1.55. The molecule has 1 amide bonds. The number of rotatable bonds is 6. The molecule has 0 aliphatic rings. The van der Waals surface area contributed by atoms with Gasteiger partial charge in [-0.25, -0.2) is 9.78 Å². The number of carbonyl (C=O) groups excluding carboxylic acids is 2. The average molecular weight is 453 g/mol. The number of para-hydroxylation sites is 3. The molecule has 6 nitrogen and oxygen atoms in total. The fourth-order valence-corrected chi connectivity index (χ4v) is 4.07. The van der Waals surface area contributed by atoms with Crippen LogP contribution in [0.15, 0.2) is 66.7 Å². The van der Waals surface area contributed by atoms with Gasteiger partial charge in [0.25, 0.3) is 5.91 Å². The first kappa shape index (κ1) is 20.8. The topological polar surface area (TPSA) is 77.5 Å². The van der Waals surface area contributed by atoms with Crippen molar-refractivity contribution < 1.29 is 19.1 Å². The molecular weight excluding hydrogens is 436 g/mol. The lowest BCUT2D eigenvalue weighted by molar-refractivity contribution is -0.119. The van der Waals surface area contributed by atoms with E-state index in [1.165, 1.54) is 18.4 Å². The molecule has 2 aromatic carbocycles. The van der Waals surface area contributed by atoms with Crippen LogP contribution < -0.4 is 10.1 Å². The summed E-state index contributed by atoms with van der Waals surface area (Å²) in [5.74, 6) is -0.569. The van der Waals surface area contributed by atoms with Gasteiger partial charge in [0.05, 0.1) is 38.8 Å². The van der Waals surface area contributed by atoms with Gasteiger partial charge in [-0.2, -0.15) is 0 Å². The molecule has 0 bridgehead atoms. The minimum absolute atomic E-state index is 0.329. The predicted molar refractivity (Wildman–Crippen MR) is 122 cm³/mol. The second kappa shape index (κ2) is 9.16. The third-order valence-corrected chi connectivity index (χ3v) is 5.73. The van der Waals surface area contributed by atoms with Crippen LogP contribution in [0.4, 0.5) is 5.69 Å². The van der Waals surface area contributed by atoms with Gasteiger partial charge in [0, 0.05) is 5.39 Å². The molecule has 4 aromatic rings. The number of methoxy groups -OCH3 is 1.